The Labute approximate surface area is 115 Å². The molecule has 3 N–H and O–H groups in total. The van der Waals surface area contributed by atoms with Gasteiger partial charge in [0.1, 0.15) is 12.6 Å². The average Bonchev–Trinajstić information content (AvgIpc) is 2.38. The number of carbonyl (C=O) groups excluding carboxylic acids is 3. The standard InChI is InChI=1S/C11H17N3O6/c1-2-20-9(17)6-13-11(19)14-4-3-12-10(18)7(14)5-8(15)16/h7H,2-6H2,1H3,(H,12,18)(H,13,19)(H,15,16). The van der Waals surface area contributed by atoms with Crippen LogP contribution in [0.4, 0.5) is 4.79 Å². The summed E-state index contributed by atoms with van der Waals surface area (Å²) in [4.78, 5) is 46.4. The first-order chi connectivity index (χ1) is 9.45. The van der Waals surface area contributed by atoms with E-state index in [4.69, 9.17) is 5.11 Å². The van der Waals surface area contributed by atoms with Gasteiger partial charge in [-0.05, 0) is 6.92 Å². The van der Waals surface area contributed by atoms with E-state index in [9.17, 15) is 19.2 Å². The number of urea groups is 1. The number of hydrogen-bond acceptors (Lipinski definition) is 5. The van der Waals surface area contributed by atoms with Crippen LogP contribution < -0.4 is 10.6 Å². The quantitative estimate of drug-likeness (QED) is 0.530. The molecule has 1 aliphatic heterocycles. The molecule has 112 valence electrons. The molecule has 0 saturated carbocycles. The van der Waals surface area contributed by atoms with E-state index in [0.717, 1.165) is 4.90 Å². The SMILES string of the molecule is CCOC(=O)CNC(=O)N1CCNC(=O)C1CC(=O)O. The molecule has 1 saturated heterocycles. The van der Waals surface area contributed by atoms with E-state index < -0.39 is 36.3 Å². The molecule has 1 rings (SSSR count). The van der Waals surface area contributed by atoms with Crippen LogP contribution in [0, 0.1) is 0 Å². The first-order valence-electron chi connectivity index (χ1n) is 6.15. The zero-order chi connectivity index (χ0) is 15.1. The van der Waals surface area contributed by atoms with Crippen LogP contribution in [0.3, 0.4) is 0 Å². The highest BCUT2D eigenvalue weighted by molar-refractivity contribution is 5.91. The molecule has 9 nitrogen and oxygen atoms in total. The maximum absolute atomic E-state index is 11.9. The van der Waals surface area contributed by atoms with Crippen molar-refractivity contribution in [1.82, 2.24) is 15.5 Å². The monoisotopic (exact) mass is 287 g/mol. The molecule has 1 aliphatic rings. The van der Waals surface area contributed by atoms with Crippen molar-refractivity contribution in [2.45, 2.75) is 19.4 Å². The number of rotatable bonds is 5. The fourth-order valence-electron chi connectivity index (χ4n) is 1.79. The molecule has 1 unspecified atom stereocenters. The summed E-state index contributed by atoms with van der Waals surface area (Å²) in [7, 11) is 0. The minimum Gasteiger partial charge on any atom is -0.481 e. The highest BCUT2D eigenvalue weighted by Crippen LogP contribution is 2.09. The van der Waals surface area contributed by atoms with Crippen LogP contribution in [-0.4, -0.2) is 66.2 Å². The number of amides is 3. The number of carboxylic acids is 1. The first kappa shape index (κ1) is 15.7. The third-order valence-corrected chi connectivity index (χ3v) is 2.65. The molecule has 0 radical (unpaired) electrons. The van der Waals surface area contributed by atoms with E-state index in [-0.39, 0.29) is 26.2 Å². The Bertz CT molecular complexity index is 411. The Balaban J connectivity index is 2.60. The lowest BCUT2D eigenvalue weighted by atomic mass is 10.1. The average molecular weight is 287 g/mol. The van der Waals surface area contributed by atoms with Crippen LogP contribution in [0.1, 0.15) is 13.3 Å². The summed E-state index contributed by atoms with van der Waals surface area (Å²) in [5, 5.41) is 13.6. The second-order valence-electron chi connectivity index (χ2n) is 4.06. The van der Waals surface area contributed by atoms with Gasteiger partial charge in [-0.1, -0.05) is 0 Å². The minimum absolute atomic E-state index is 0.179. The van der Waals surface area contributed by atoms with Crippen molar-refractivity contribution in [3.63, 3.8) is 0 Å². The highest BCUT2D eigenvalue weighted by atomic mass is 16.5. The van der Waals surface area contributed by atoms with Gasteiger partial charge in [0.25, 0.3) is 0 Å². The zero-order valence-electron chi connectivity index (χ0n) is 11.0. The molecule has 9 heteroatoms. The van der Waals surface area contributed by atoms with Gasteiger partial charge in [-0.15, -0.1) is 0 Å². The summed E-state index contributed by atoms with van der Waals surface area (Å²) >= 11 is 0. The molecule has 1 atom stereocenters. The fourth-order valence-corrected chi connectivity index (χ4v) is 1.79. The van der Waals surface area contributed by atoms with Crippen LogP contribution in [0.5, 0.6) is 0 Å². The van der Waals surface area contributed by atoms with Gasteiger partial charge in [0.15, 0.2) is 0 Å². The molecule has 1 heterocycles. The number of carbonyl (C=O) groups is 4. The maximum Gasteiger partial charge on any atom is 0.325 e. The summed E-state index contributed by atoms with van der Waals surface area (Å²) in [5.74, 6) is -2.31. The van der Waals surface area contributed by atoms with Gasteiger partial charge >= 0.3 is 18.0 Å². The summed E-state index contributed by atoms with van der Waals surface area (Å²) in [6, 6.07) is -1.75. The summed E-state index contributed by atoms with van der Waals surface area (Å²) < 4.78 is 4.65. The van der Waals surface area contributed by atoms with Crippen LogP contribution in [-0.2, 0) is 19.1 Å². The van der Waals surface area contributed by atoms with Gasteiger partial charge in [0.2, 0.25) is 5.91 Å². The Morgan fingerprint density at radius 2 is 2.20 bits per heavy atom. The van der Waals surface area contributed by atoms with Crippen molar-refractivity contribution in [1.29, 1.82) is 0 Å². The number of carboxylic acid groups (broad SMARTS) is 1. The molecular weight excluding hydrogens is 270 g/mol. The molecule has 0 bridgehead atoms. The largest absolute Gasteiger partial charge is 0.481 e. The lowest BCUT2D eigenvalue weighted by Gasteiger charge is -2.34. The predicted molar refractivity (Wildman–Crippen MR) is 65.8 cm³/mol. The number of ether oxygens (including phenoxy) is 1. The van der Waals surface area contributed by atoms with Crippen LogP contribution in [0.2, 0.25) is 0 Å². The Morgan fingerprint density at radius 3 is 2.80 bits per heavy atom. The van der Waals surface area contributed by atoms with Gasteiger partial charge in [0.05, 0.1) is 13.0 Å². The topological polar surface area (TPSA) is 125 Å². The van der Waals surface area contributed by atoms with Crippen molar-refractivity contribution >= 4 is 23.9 Å². The number of esters is 1. The molecule has 3 amide bonds. The molecule has 0 aromatic carbocycles. The molecule has 0 aromatic heterocycles. The third kappa shape index (κ3) is 4.41. The third-order valence-electron chi connectivity index (χ3n) is 2.65. The van der Waals surface area contributed by atoms with E-state index in [1.807, 2.05) is 0 Å². The van der Waals surface area contributed by atoms with Gasteiger partial charge in [-0.3, -0.25) is 14.4 Å². The van der Waals surface area contributed by atoms with Crippen LogP contribution >= 0.6 is 0 Å². The van der Waals surface area contributed by atoms with Gasteiger partial charge in [-0.25, -0.2) is 4.79 Å². The van der Waals surface area contributed by atoms with Crippen LogP contribution in [0.15, 0.2) is 0 Å². The smallest absolute Gasteiger partial charge is 0.325 e. The lowest BCUT2D eigenvalue weighted by molar-refractivity contribution is -0.143. The van der Waals surface area contributed by atoms with Crippen molar-refractivity contribution < 1.29 is 29.0 Å². The maximum atomic E-state index is 11.9. The summed E-state index contributed by atoms with van der Waals surface area (Å²) in [6.07, 6.45) is -0.487. The molecule has 1 fully saturated rings. The van der Waals surface area contributed by atoms with Crippen molar-refractivity contribution in [3.8, 4) is 0 Å². The molecule has 0 spiro atoms. The second-order valence-corrected chi connectivity index (χ2v) is 4.06. The van der Waals surface area contributed by atoms with E-state index >= 15 is 0 Å². The van der Waals surface area contributed by atoms with Gasteiger partial charge < -0.3 is 25.4 Å². The van der Waals surface area contributed by atoms with E-state index in [0.29, 0.717) is 0 Å². The highest BCUT2D eigenvalue weighted by Gasteiger charge is 2.34. The molecule has 0 aliphatic carbocycles. The zero-order valence-corrected chi connectivity index (χ0v) is 11.0. The summed E-state index contributed by atoms with van der Waals surface area (Å²) in [6.45, 7) is 1.92. The Hall–Kier alpha value is -2.32. The Kier molecular flexibility index (Phi) is 5.75. The van der Waals surface area contributed by atoms with Gasteiger partial charge in [-0.2, -0.15) is 0 Å². The number of hydrogen-bond donors (Lipinski definition) is 3. The molecule has 0 aromatic rings. The minimum atomic E-state index is -1.18. The van der Waals surface area contributed by atoms with E-state index in [1.165, 1.54) is 0 Å². The summed E-state index contributed by atoms with van der Waals surface area (Å²) in [5.41, 5.74) is 0. The van der Waals surface area contributed by atoms with E-state index in [1.54, 1.807) is 6.92 Å². The van der Waals surface area contributed by atoms with Crippen molar-refractivity contribution in [3.05, 3.63) is 0 Å². The first-order valence-corrected chi connectivity index (χ1v) is 6.15. The van der Waals surface area contributed by atoms with Crippen molar-refractivity contribution in [2.24, 2.45) is 0 Å². The normalized spacial score (nSPS) is 18.1. The van der Waals surface area contributed by atoms with Gasteiger partial charge in [0, 0.05) is 13.1 Å². The van der Waals surface area contributed by atoms with Crippen LogP contribution in [0.25, 0.3) is 0 Å². The number of nitrogens with one attached hydrogen (secondary N) is 2. The predicted octanol–water partition coefficient (Wildman–Crippen LogP) is -1.47. The Morgan fingerprint density at radius 1 is 1.50 bits per heavy atom. The number of aliphatic carboxylic acids is 1. The number of piperazine rings is 1. The molecule has 20 heavy (non-hydrogen) atoms. The number of nitrogens with zero attached hydrogens (tertiary/aromatic N) is 1. The van der Waals surface area contributed by atoms with E-state index in [2.05, 4.69) is 15.4 Å². The molecular formula is C11H17N3O6. The second kappa shape index (κ2) is 7.31. The fraction of sp³-hybridized carbons (Fsp3) is 0.636. The lowest BCUT2D eigenvalue weighted by Crippen LogP contribution is -2.60. The van der Waals surface area contributed by atoms with Crippen molar-refractivity contribution in [2.75, 3.05) is 26.2 Å².